The SMILES string of the molecule is COc1cc(CN2CCOCC2)ccc1C1(N2CCC[C@H]2C(=O)N(C)C)C(=O)N(S(=O)(=O)c2ccc(F)cc2)c2ccc(Cl)cc21. The molecule has 2 amide bonds. The first kappa shape index (κ1) is 32.4. The van der Waals surface area contributed by atoms with Crippen LogP contribution in [0.15, 0.2) is 65.6 Å². The second-order valence-electron chi connectivity index (χ2n) is 11.9. The molecule has 0 saturated carbocycles. The fraction of sp³-hybridized carbons (Fsp3) is 0.394. The van der Waals surface area contributed by atoms with Crippen LogP contribution in [0.5, 0.6) is 5.75 Å². The van der Waals surface area contributed by atoms with Crippen molar-refractivity contribution in [2.75, 3.05) is 58.4 Å². The van der Waals surface area contributed by atoms with Gasteiger partial charge in [-0.15, -0.1) is 0 Å². The largest absolute Gasteiger partial charge is 0.496 e. The number of carbonyl (C=O) groups excluding carboxylic acids is 2. The molecule has 0 spiro atoms. The van der Waals surface area contributed by atoms with E-state index in [4.69, 9.17) is 21.1 Å². The lowest BCUT2D eigenvalue weighted by molar-refractivity contribution is -0.138. The molecule has 244 valence electrons. The molecule has 2 saturated heterocycles. The molecule has 0 aromatic heterocycles. The Labute approximate surface area is 273 Å². The average Bonchev–Trinajstić information content (AvgIpc) is 3.62. The number of likely N-dealkylation sites (N-methyl/N-ethyl adjacent to an activating group) is 1. The second-order valence-corrected chi connectivity index (χ2v) is 14.1. The molecular formula is C33H36ClFN4O6S. The molecule has 46 heavy (non-hydrogen) atoms. The van der Waals surface area contributed by atoms with Crippen molar-refractivity contribution in [3.8, 4) is 5.75 Å². The van der Waals surface area contributed by atoms with Crippen LogP contribution in [0.25, 0.3) is 0 Å². The van der Waals surface area contributed by atoms with Crippen LogP contribution in [0.2, 0.25) is 5.02 Å². The minimum Gasteiger partial charge on any atom is -0.496 e. The number of morpholine rings is 1. The Hall–Kier alpha value is -3.55. The van der Waals surface area contributed by atoms with Gasteiger partial charge in [-0.25, -0.2) is 17.1 Å². The number of rotatable bonds is 8. The van der Waals surface area contributed by atoms with Crippen LogP contribution in [0.4, 0.5) is 10.1 Å². The molecular weight excluding hydrogens is 635 g/mol. The van der Waals surface area contributed by atoms with Gasteiger partial charge in [0.05, 0.1) is 36.9 Å². The molecule has 0 aliphatic carbocycles. The Balaban J connectivity index is 1.60. The third kappa shape index (κ3) is 5.35. The summed E-state index contributed by atoms with van der Waals surface area (Å²) in [6.07, 6.45) is 1.06. The number of anilines is 1. The van der Waals surface area contributed by atoms with E-state index in [2.05, 4.69) is 4.90 Å². The van der Waals surface area contributed by atoms with Gasteiger partial charge in [0.25, 0.3) is 15.9 Å². The maximum atomic E-state index is 15.3. The molecule has 2 fully saturated rings. The van der Waals surface area contributed by atoms with Gasteiger partial charge in [0.2, 0.25) is 5.91 Å². The van der Waals surface area contributed by atoms with Crippen molar-refractivity contribution in [3.05, 3.63) is 88.2 Å². The zero-order valence-corrected chi connectivity index (χ0v) is 27.5. The molecule has 13 heteroatoms. The molecule has 2 atom stereocenters. The number of amides is 2. The van der Waals surface area contributed by atoms with E-state index in [-0.39, 0.29) is 21.5 Å². The molecule has 3 heterocycles. The summed E-state index contributed by atoms with van der Waals surface area (Å²) in [7, 11) is 0.259. The van der Waals surface area contributed by atoms with Gasteiger partial charge in [-0.2, -0.15) is 0 Å². The molecule has 0 radical (unpaired) electrons. The quantitative estimate of drug-likeness (QED) is 0.357. The number of fused-ring (bicyclic) bond motifs is 1. The van der Waals surface area contributed by atoms with Crippen molar-refractivity contribution < 1.29 is 31.9 Å². The van der Waals surface area contributed by atoms with Crippen molar-refractivity contribution >= 4 is 39.1 Å². The summed E-state index contributed by atoms with van der Waals surface area (Å²) in [4.78, 5) is 34.2. The number of benzene rings is 3. The molecule has 3 aliphatic rings. The van der Waals surface area contributed by atoms with Crippen molar-refractivity contribution in [1.82, 2.24) is 14.7 Å². The third-order valence-electron chi connectivity index (χ3n) is 8.99. The number of methoxy groups -OCH3 is 1. The highest BCUT2D eigenvalue weighted by molar-refractivity contribution is 7.93. The number of hydrogen-bond acceptors (Lipinski definition) is 8. The van der Waals surface area contributed by atoms with E-state index in [1.54, 1.807) is 31.1 Å². The molecule has 6 rings (SSSR count). The van der Waals surface area contributed by atoms with Crippen molar-refractivity contribution in [2.24, 2.45) is 0 Å². The lowest BCUT2D eigenvalue weighted by Crippen LogP contribution is -2.59. The molecule has 3 aromatic carbocycles. The van der Waals surface area contributed by atoms with Crippen molar-refractivity contribution in [2.45, 2.75) is 35.9 Å². The zero-order valence-electron chi connectivity index (χ0n) is 25.9. The highest BCUT2D eigenvalue weighted by Crippen LogP contribution is 2.55. The van der Waals surface area contributed by atoms with E-state index in [9.17, 15) is 17.6 Å². The number of hydrogen-bond donors (Lipinski definition) is 0. The molecule has 1 unspecified atom stereocenters. The van der Waals surface area contributed by atoms with Crippen LogP contribution >= 0.6 is 11.6 Å². The summed E-state index contributed by atoms with van der Waals surface area (Å²) in [5.74, 6) is -1.26. The van der Waals surface area contributed by atoms with Crippen molar-refractivity contribution in [1.29, 1.82) is 0 Å². The van der Waals surface area contributed by atoms with Crippen LogP contribution in [-0.2, 0) is 36.4 Å². The van der Waals surface area contributed by atoms with Gasteiger partial charge in [0.15, 0.2) is 5.54 Å². The standard InChI is InChI=1S/C33H36ClFN4O6S/c1-36(2)31(40)29-5-4-14-38(29)33(26-12-6-22(19-30(26)44-3)21-37-15-17-45-18-16-37)27-20-23(34)7-13-28(27)39(32(33)41)46(42,43)25-10-8-24(35)9-11-25/h6-13,19-20,29H,4-5,14-18,21H2,1-3H3/t29-,33?/m0/s1. The monoisotopic (exact) mass is 670 g/mol. The minimum absolute atomic E-state index is 0.0983. The van der Waals surface area contributed by atoms with Crippen LogP contribution in [-0.4, -0.2) is 95.0 Å². The van der Waals surface area contributed by atoms with E-state index in [0.717, 1.165) is 47.2 Å². The Morgan fingerprint density at radius 2 is 1.76 bits per heavy atom. The Bertz CT molecular complexity index is 1770. The number of ether oxygens (including phenoxy) is 2. The van der Waals surface area contributed by atoms with E-state index < -0.39 is 33.3 Å². The van der Waals surface area contributed by atoms with E-state index in [1.165, 1.54) is 24.1 Å². The van der Waals surface area contributed by atoms with Crippen LogP contribution < -0.4 is 9.04 Å². The number of halogens is 2. The predicted octanol–water partition coefficient (Wildman–Crippen LogP) is 3.85. The molecule has 3 aromatic rings. The molecule has 0 bridgehead atoms. The first-order valence-corrected chi connectivity index (χ1v) is 16.9. The zero-order chi connectivity index (χ0) is 32.8. The first-order valence-electron chi connectivity index (χ1n) is 15.1. The summed E-state index contributed by atoms with van der Waals surface area (Å²) in [5, 5.41) is 0.287. The Morgan fingerprint density at radius 1 is 1.04 bits per heavy atom. The summed E-state index contributed by atoms with van der Waals surface area (Å²) in [6.45, 7) is 3.77. The minimum atomic E-state index is -4.55. The maximum Gasteiger partial charge on any atom is 0.271 e. The predicted molar refractivity (Wildman–Crippen MR) is 171 cm³/mol. The summed E-state index contributed by atoms with van der Waals surface area (Å²) < 4.78 is 54.7. The number of likely N-dealkylation sites (tertiary alicyclic amines) is 1. The van der Waals surface area contributed by atoms with Gasteiger partial charge in [-0.05, 0) is 66.9 Å². The normalized spacial score (nSPS) is 22.2. The number of carbonyl (C=O) groups is 2. The third-order valence-corrected chi connectivity index (χ3v) is 10.9. The van der Waals surface area contributed by atoms with E-state index in [0.29, 0.717) is 56.0 Å². The van der Waals surface area contributed by atoms with Gasteiger partial charge in [-0.1, -0.05) is 23.7 Å². The summed E-state index contributed by atoms with van der Waals surface area (Å²) >= 11 is 6.58. The van der Waals surface area contributed by atoms with Crippen LogP contribution in [0, 0.1) is 5.82 Å². The highest BCUT2D eigenvalue weighted by Gasteiger charge is 2.63. The second kappa shape index (κ2) is 12.6. The van der Waals surface area contributed by atoms with Gasteiger partial charge in [0.1, 0.15) is 11.6 Å². The lowest BCUT2D eigenvalue weighted by Gasteiger charge is -2.42. The first-order chi connectivity index (χ1) is 22.0. The van der Waals surface area contributed by atoms with Crippen LogP contribution in [0.1, 0.15) is 29.5 Å². The molecule has 3 aliphatic heterocycles. The highest BCUT2D eigenvalue weighted by atomic mass is 35.5. The van der Waals surface area contributed by atoms with Crippen molar-refractivity contribution in [3.63, 3.8) is 0 Å². The molecule has 10 nitrogen and oxygen atoms in total. The topological polar surface area (TPSA) is 99.7 Å². The fourth-order valence-electron chi connectivity index (χ4n) is 6.86. The molecule has 0 N–H and O–H groups in total. The van der Waals surface area contributed by atoms with E-state index >= 15 is 4.79 Å². The lowest BCUT2D eigenvalue weighted by atomic mass is 9.80. The Kier molecular flexibility index (Phi) is 8.85. The fourth-order valence-corrected chi connectivity index (χ4v) is 8.49. The van der Waals surface area contributed by atoms with Gasteiger partial charge in [0, 0.05) is 56.4 Å². The van der Waals surface area contributed by atoms with Gasteiger partial charge in [-0.3, -0.25) is 19.4 Å². The average molecular weight is 671 g/mol. The smallest absolute Gasteiger partial charge is 0.271 e. The number of sulfonamides is 1. The summed E-state index contributed by atoms with van der Waals surface area (Å²) in [5.41, 5.74) is -0.0604. The Morgan fingerprint density at radius 3 is 2.43 bits per heavy atom. The van der Waals surface area contributed by atoms with Crippen LogP contribution in [0.3, 0.4) is 0 Å². The van der Waals surface area contributed by atoms with Gasteiger partial charge < -0.3 is 14.4 Å². The summed E-state index contributed by atoms with van der Waals surface area (Å²) in [6, 6.07) is 13.7. The maximum absolute atomic E-state index is 15.3. The number of nitrogens with zero attached hydrogens (tertiary/aromatic N) is 4. The van der Waals surface area contributed by atoms with Gasteiger partial charge >= 0.3 is 0 Å². The van der Waals surface area contributed by atoms with E-state index in [1.807, 2.05) is 12.1 Å².